The van der Waals surface area contributed by atoms with Crippen LogP contribution in [0.25, 0.3) is 10.9 Å². The van der Waals surface area contributed by atoms with E-state index < -0.39 is 23.6 Å². The van der Waals surface area contributed by atoms with Crippen LogP contribution >= 0.6 is 0 Å². The first kappa shape index (κ1) is 21.0. The third-order valence-corrected chi connectivity index (χ3v) is 6.61. The van der Waals surface area contributed by atoms with E-state index in [1.54, 1.807) is 18.3 Å². The summed E-state index contributed by atoms with van der Waals surface area (Å²) in [5, 5.41) is 0.609. The first-order valence-corrected chi connectivity index (χ1v) is 10.5. The Bertz CT molecular complexity index is 1270. The Hall–Kier alpha value is -2.84. The van der Waals surface area contributed by atoms with E-state index in [0.717, 1.165) is 36.8 Å². The van der Waals surface area contributed by atoms with E-state index in [1.807, 2.05) is 4.57 Å². The second-order valence-electron chi connectivity index (χ2n) is 8.55. The summed E-state index contributed by atoms with van der Waals surface area (Å²) >= 11 is 0. The minimum Gasteiger partial charge on any atom is -0.328 e. The normalized spacial score (nSPS) is 17.9. The van der Waals surface area contributed by atoms with Crippen molar-refractivity contribution < 1.29 is 22.0 Å². The van der Waals surface area contributed by atoms with Gasteiger partial charge in [0, 0.05) is 18.4 Å². The molecule has 0 radical (unpaired) electrons. The number of pyridine rings is 1. The van der Waals surface area contributed by atoms with Crippen LogP contribution in [0.4, 0.5) is 22.0 Å². The highest BCUT2D eigenvalue weighted by atomic mass is 19.4. The number of halogens is 5. The highest BCUT2D eigenvalue weighted by Gasteiger charge is 2.53. The lowest BCUT2D eigenvalue weighted by molar-refractivity contribution is -0.138. The van der Waals surface area contributed by atoms with Gasteiger partial charge in [0.25, 0.3) is 0 Å². The first-order chi connectivity index (χ1) is 15.2. The average molecular weight is 448 g/mol. The van der Waals surface area contributed by atoms with Crippen molar-refractivity contribution in [3.63, 3.8) is 0 Å². The van der Waals surface area contributed by atoms with Crippen molar-refractivity contribution in [2.45, 2.75) is 63.7 Å². The Morgan fingerprint density at radius 2 is 2.00 bits per heavy atom. The summed E-state index contributed by atoms with van der Waals surface area (Å²) in [6.07, 6.45) is -2.92. The molecule has 1 fully saturated rings. The van der Waals surface area contributed by atoms with Gasteiger partial charge in [-0.05, 0) is 49.4 Å². The number of fused-ring (bicyclic) bond motifs is 3. The number of alkyl halides is 5. The molecule has 1 aromatic carbocycles. The summed E-state index contributed by atoms with van der Waals surface area (Å²) < 4.78 is 69.1. The van der Waals surface area contributed by atoms with Crippen LogP contribution in [0.15, 0.2) is 35.5 Å². The molecule has 9 heteroatoms. The van der Waals surface area contributed by atoms with Crippen molar-refractivity contribution in [2.75, 3.05) is 0 Å². The predicted octanol–water partition coefficient (Wildman–Crippen LogP) is 5.10. The Kier molecular flexibility index (Phi) is 4.83. The van der Waals surface area contributed by atoms with Crippen LogP contribution in [0, 0.1) is 6.92 Å². The average Bonchev–Trinajstić information content (AvgIpc) is 3.43. The summed E-state index contributed by atoms with van der Waals surface area (Å²) in [6, 6.07) is 5.68. The van der Waals surface area contributed by atoms with Crippen LogP contribution in [-0.2, 0) is 31.1 Å². The lowest BCUT2D eigenvalue weighted by Crippen LogP contribution is -2.22. The molecule has 2 aliphatic rings. The lowest BCUT2D eigenvalue weighted by atomic mass is 10.0. The molecule has 0 amide bonds. The second kappa shape index (κ2) is 7.35. The van der Waals surface area contributed by atoms with Gasteiger partial charge in [-0.3, -0.25) is 9.98 Å². The van der Waals surface area contributed by atoms with Crippen LogP contribution in [0.1, 0.15) is 47.5 Å². The molecule has 0 spiro atoms. The Balaban J connectivity index is 1.64. The van der Waals surface area contributed by atoms with Crippen LogP contribution in [0.5, 0.6) is 0 Å². The predicted molar refractivity (Wildman–Crippen MR) is 108 cm³/mol. The molecule has 3 heterocycles. The molecule has 0 atom stereocenters. The molecule has 0 unspecified atom stereocenters. The number of nitrogens with zero attached hydrogens (tertiary/aromatic N) is 4. The number of aromatic nitrogens is 3. The monoisotopic (exact) mass is 448 g/mol. The minimum atomic E-state index is -4.44. The molecule has 32 heavy (non-hydrogen) atoms. The Labute approximate surface area is 180 Å². The molecular formula is C23H21F5N4. The molecule has 0 N–H and O–H groups in total. The van der Waals surface area contributed by atoms with E-state index in [2.05, 4.69) is 15.0 Å². The van der Waals surface area contributed by atoms with Gasteiger partial charge < -0.3 is 4.57 Å². The van der Waals surface area contributed by atoms with Gasteiger partial charge in [-0.15, -0.1) is 0 Å². The van der Waals surface area contributed by atoms with E-state index >= 15 is 0 Å². The maximum atomic E-state index is 13.7. The van der Waals surface area contributed by atoms with E-state index in [1.165, 1.54) is 13.0 Å². The van der Waals surface area contributed by atoms with Crippen molar-refractivity contribution in [2.24, 2.45) is 4.99 Å². The smallest absolute Gasteiger partial charge is 0.328 e. The highest BCUT2D eigenvalue weighted by Crippen LogP contribution is 2.52. The molecule has 5 rings (SSSR count). The maximum Gasteiger partial charge on any atom is 0.416 e. The zero-order valence-electron chi connectivity index (χ0n) is 17.4. The topological polar surface area (TPSA) is 43.1 Å². The fraction of sp³-hybridized carbons (Fsp3) is 0.435. The summed E-state index contributed by atoms with van der Waals surface area (Å²) in [5.74, 6) is 0.821. The molecule has 4 nitrogen and oxygen atoms in total. The second-order valence-corrected chi connectivity index (χ2v) is 8.55. The third kappa shape index (κ3) is 3.38. The summed E-state index contributed by atoms with van der Waals surface area (Å²) in [5.41, 5.74) is 0.120. The van der Waals surface area contributed by atoms with Gasteiger partial charge in [-0.2, -0.15) is 13.2 Å². The number of hydrogen-bond acceptors (Lipinski definition) is 3. The third-order valence-electron chi connectivity index (χ3n) is 6.61. The van der Waals surface area contributed by atoms with E-state index in [0.29, 0.717) is 35.0 Å². The maximum absolute atomic E-state index is 13.7. The van der Waals surface area contributed by atoms with Gasteiger partial charge in [0.15, 0.2) is 5.49 Å². The zero-order chi connectivity index (χ0) is 22.7. The lowest BCUT2D eigenvalue weighted by Gasteiger charge is -2.16. The molecule has 0 bridgehead atoms. The van der Waals surface area contributed by atoms with Crippen LogP contribution in [-0.4, -0.2) is 21.0 Å². The first-order valence-electron chi connectivity index (χ1n) is 10.5. The molecule has 2 aromatic heterocycles. The summed E-state index contributed by atoms with van der Waals surface area (Å²) in [6.45, 7) is 2.20. The van der Waals surface area contributed by atoms with Gasteiger partial charge in [0.1, 0.15) is 5.82 Å². The van der Waals surface area contributed by atoms with Crippen molar-refractivity contribution in [1.29, 1.82) is 0 Å². The zero-order valence-corrected chi connectivity index (χ0v) is 17.4. The number of aryl methyl sites for hydroxylation is 2. The van der Waals surface area contributed by atoms with E-state index in [9.17, 15) is 22.0 Å². The minimum absolute atomic E-state index is 0.0129. The van der Waals surface area contributed by atoms with Crippen molar-refractivity contribution in [3.8, 4) is 0 Å². The van der Waals surface area contributed by atoms with Crippen LogP contribution in [0.3, 0.4) is 0 Å². The molecule has 1 aliphatic heterocycles. The summed E-state index contributed by atoms with van der Waals surface area (Å²) in [4.78, 5) is 13.5. The molecule has 3 aromatic rings. The van der Waals surface area contributed by atoms with Gasteiger partial charge in [0.05, 0.1) is 34.9 Å². The van der Waals surface area contributed by atoms with Gasteiger partial charge in [-0.25, -0.2) is 13.8 Å². The molecule has 168 valence electrons. The SMILES string of the molecule is Cc1c(CN=c2nc3n(c4cnc(C5(C(F)F)CC5)cc24)CCC3)cccc1C(F)(F)F. The molecular weight excluding hydrogens is 427 g/mol. The summed E-state index contributed by atoms with van der Waals surface area (Å²) in [7, 11) is 0. The number of benzene rings is 1. The van der Waals surface area contributed by atoms with E-state index in [4.69, 9.17) is 0 Å². The van der Waals surface area contributed by atoms with Gasteiger partial charge in [-0.1, -0.05) is 12.1 Å². The quantitative estimate of drug-likeness (QED) is 0.521. The molecule has 1 saturated carbocycles. The molecule has 1 aliphatic carbocycles. The highest BCUT2D eigenvalue weighted by molar-refractivity contribution is 5.78. The van der Waals surface area contributed by atoms with Crippen molar-refractivity contribution >= 4 is 10.9 Å². The van der Waals surface area contributed by atoms with Crippen molar-refractivity contribution in [3.05, 3.63) is 64.2 Å². The largest absolute Gasteiger partial charge is 0.416 e. The van der Waals surface area contributed by atoms with E-state index in [-0.39, 0.29) is 12.1 Å². The van der Waals surface area contributed by atoms with Gasteiger partial charge >= 0.3 is 6.18 Å². The number of rotatable bonds is 4. The van der Waals surface area contributed by atoms with Gasteiger partial charge in [0.2, 0.25) is 6.43 Å². The molecule has 0 saturated heterocycles. The van der Waals surface area contributed by atoms with Crippen LogP contribution in [0.2, 0.25) is 0 Å². The van der Waals surface area contributed by atoms with Crippen LogP contribution < -0.4 is 5.49 Å². The fourth-order valence-electron chi connectivity index (χ4n) is 4.50. The Morgan fingerprint density at radius 3 is 2.69 bits per heavy atom. The van der Waals surface area contributed by atoms with Crippen molar-refractivity contribution in [1.82, 2.24) is 14.5 Å². The number of hydrogen-bond donors (Lipinski definition) is 0. The fourth-order valence-corrected chi connectivity index (χ4v) is 4.50. The Morgan fingerprint density at radius 1 is 1.22 bits per heavy atom. The standard InChI is InChI=1S/C23H21F5N4/c1-13-14(4-2-5-16(13)23(26,27)28)11-30-20-15-10-18(22(7-8-22)21(24)25)29-12-17(15)32-9-3-6-19(32)31-20/h2,4-5,10,12,21H,3,6-9,11H2,1H3.